The molecule has 29 heavy (non-hydrogen) atoms. The predicted octanol–water partition coefficient (Wildman–Crippen LogP) is 5.98. The highest BCUT2D eigenvalue weighted by molar-refractivity contribution is 6.05. The number of nitrogens with one attached hydrogen (secondary N) is 1. The highest BCUT2D eigenvalue weighted by Gasteiger charge is 2.08. The molecule has 0 saturated carbocycles. The van der Waals surface area contributed by atoms with Crippen LogP contribution in [-0.4, -0.2) is 5.91 Å². The number of amides is 1. The molecule has 4 aromatic carbocycles. The third-order valence-corrected chi connectivity index (χ3v) is 4.44. The molecule has 0 fully saturated rings. The van der Waals surface area contributed by atoms with Gasteiger partial charge in [-0.1, -0.05) is 42.5 Å². The summed E-state index contributed by atoms with van der Waals surface area (Å²) in [7, 11) is 0. The Hall–Kier alpha value is -4.05. The van der Waals surface area contributed by atoms with Gasteiger partial charge >= 0.3 is 0 Å². The number of hydrogen-bond acceptors (Lipinski definition) is 3. The molecule has 4 nitrogen and oxygen atoms in total. The average molecular weight is 380 g/mol. The number of hydrogen-bond donors (Lipinski definition) is 2. The first kappa shape index (κ1) is 18.3. The third-order valence-electron chi connectivity index (χ3n) is 4.44. The van der Waals surface area contributed by atoms with Gasteiger partial charge < -0.3 is 15.8 Å². The van der Waals surface area contributed by atoms with Crippen LogP contribution in [0, 0.1) is 0 Å². The number of para-hydroxylation sites is 1. The van der Waals surface area contributed by atoms with Crippen LogP contribution in [0.4, 0.5) is 11.4 Å². The Labute approximate surface area is 169 Å². The predicted molar refractivity (Wildman–Crippen MR) is 117 cm³/mol. The van der Waals surface area contributed by atoms with Crippen LogP contribution in [0.5, 0.6) is 11.5 Å². The van der Waals surface area contributed by atoms with Crippen molar-refractivity contribution in [2.75, 3.05) is 11.1 Å². The van der Waals surface area contributed by atoms with E-state index < -0.39 is 0 Å². The summed E-state index contributed by atoms with van der Waals surface area (Å²) in [4.78, 5) is 12.7. The fourth-order valence-corrected chi connectivity index (χ4v) is 2.99. The first-order valence-corrected chi connectivity index (χ1v) is 9.28. The number of carbonyl (C=O) groups is 1. The van der Waals surface area contributed by atoms with Crippen molar-refractivity contribution in [3.8, 4) is 22.6 Å². The largest absolute Gasteiger partial charge is 0.457 e. The molecular weight excluding hydrogens is 360 g/mol. The zero-order valence-corrected chi connectivity index (χ0v) is 15.7. The van der Waals surface area contributed by atoms with Crippen LogP contribution in [0.1, 0.15) is 10.4 Å². The lowest BCUT2D eigenvalue weighted by atomic mass is 10.0. The van der Waals surface area contributed by atoms with Gasteiger partial charge in [-0.05, 0) is 71.8 Å². The summed E-state index contributed by atoms with van der Waals surface area (Å²) in [6, 6.07) is 31.9. The maximum atomic E-state index is 12.7. The van der Waals surface area contributed by atoms with Gasteiger partial charge in [-0.15, -0.1) is 0 Å². The first-order chi connectivity index (χ1) is 14.2. The highest BCUT2D eigenvalue weighted by atomic mass is 16.5. The monoisotopic (exact) mass is 380 g/mol. The molecule has 0 spiro atoms. The number of rotatable bonds is 5. The van der Waals surface area contributed by atoms with Gasteiger partial charge in [-0.25, -0.2) is 0 Å². The van der Waals surface area contributed by atoms with Crippen molar-refractivity contribution in [1.82, 2.24) is 0 Å². The summed E-state index contributed by atoms with van der Waals surface area (Å²) in [6.07, 6.45) is 0. The Morgan fingerprint density at radius 1 is 0.690 bits per heavy atom. The van der Waals surface area contributed by atoms with Crippen LogP contribution >= 0.6 is 0 Å². The Kier molecular flexibility index (Phi) is 5.25. The van der Waals surface area contributed by atoms with Gasteiger partial charge in [-0.3, -0.25) is 4.79 Å². The van der Waals surface area contributed by atoms with E-state index in [-0.39, 0.29) is 5.91 Å². The molecule has 1 amide bonds. The second kappa shape index (κ2) is 8.31. The van der Waals surface area contributed by atoms with E-state index in [1.807, 2.05) is 97.1 Å². The Morgan fingerprint density at radius 3 is 2.07 bits per heavy atom. The lowest BCUT2D eigenvalue weighted by Crippen LogP contribution is -2.11. The minimum atomic E-state index is -0.174. The number of benzene rings is 4. The van der Waals surface area contributed by atoms with E-state index in [2.05, 4.69) is 5.32 Å². The van der Waals surface area contributed by atoms with Crippen molar-refractivity contribution in [2.24, 2.45) is 0 Å². The Balaban J connectivity index is 1.46. The second-order valence-electron chi connectivity index (χ2n) is 6.60. The normalized spacial score (nSPS) is 10.3. The van der Waals surface area contributed by atoms with E-state index in [9.17, 15) is 4.79 Å². The number of nitrogens with two attached hydrogens (primary N) is 1. The molecule has 0 aliphatic heterocycles. The maximum Gasteiger partial charge on any atom is 0.255 e. The second-order valence-corrected chi connectivity index (χ2v) is 6.60. The summed E-state index contributed by atoms with van der Waals surface area (Å²) in [5.41, 5.74) is 9.75. The lowest BCUT2D eigenvalue weighted by Gasteiger charge is -2.09. The maximum absolute atomic E-state index is 12.7. The fraction of sp³-hybridized carbons (Fsp3) is 0. The first-order valence-electron chi connectivity index (χ1n) is 9.28. The summed E-state index contributed by atoms with van der Waals surface area (Å²) in [5, 5.41) is 2.92. The van der Waals surface area contributed by atoms with Crippen LogP contribution < -0.4 is 15.8 Å². The molecule has 142 valence electrons. The van der Waals surface area contributed by atoms with Crippen molar-refractivity contribution < 1.29 is 9.53 Å². The Morgan fingerprint density at radius 2 is 1.34 bits per heavy atom. The van der Waals surface area contributed by atoms with E-state index in [4.69, 9.17) is 10.5 Å². The van der Waals surface area contributed by atoms with Gasteiger partial charge in [0.2, 0.25) is 0 Å². The molecule has 4 aromatic rings. The summed E-state index contributed by atoms with van der Waals surface area (Å²) in [5.74, 6) is 1.30. The fourth-order valence-electron chi connectivity index (χ4n) is 2.99. The lowest BCUT2D eigenvalue weighted by molar-refractivity contribution is 0.102. The van der Waals surface area contributed by atoms with Crippen LogP contribution in [0.3, 0.4) is 0 Å². The zero-order chi connectivity index (χ0) is 20.1. The van der Waals surface area contributed by atoms with Crippen LogP contribution in [0.2, 0.25) is 0 Å². The van der Waals surface area contributed by atoms with Crippen molar-refractivity contribution in [2.45, 2.75) is 0 Å². The van der Waals surface area contributed by atoms with E-state index >= 15 is 0 Å². The SMILES string of the molecule is Nc1cccc(-c2cccc(C(=O)Nc3ccc(Oc4ccccc4)cc3)c2)c1. The van der Waals surface area contributed by atoms with Crippen molar-refractivity contribution in [1.29, 1.82) is 0 Å². The smallest absolute Gasteiger partial charge is 0.255 e. The molecule has 0 aliphatic carbocycles. The van der Waals surface area contributed by atoms with E-state index in [1.54, 1.807) is 6.07 Å². The quantitative estimate of drug-likeness (QED) is 0.419. The number of ether oxygens (including phenoxy) is 1. The molecule has 0 radical (unpaired) electrons. The Bertz CT molecular complexity index is 1120. The molecule has 0 heterocycles. The number of carbonyl (C=O) groups excluding carboxylic acids is 1. The average Bonchev–Trinajstić information content (AvgIpc) is 2.76. The zero-order valence-electron chi connectivity index (χ0n) is 15.7. The number of anilines is 2. The number of nitrogen functional groups attached to an aromatic ring is 1. The molecule has 0 unspecified atom stereocenters. The molecule has 0 aliphatic rings. The van der Waals surface area contributed by atoms with Crippen molar-refractivity contribution in [3.05, 3.63) is 109 Å². The van der Waals surface area contributed by atoms with E-state index in [0.717, 1.165) is 16.9 Å². The van der Waals surface area contributed by atoms with Crippen LogP contribution in [0.15, 0.2) is 103 Å². The van der Waals surface area contributed by atoms with Crippen molar-refractivity contribution >= 4 is 17.3 Å². The minimum absolute atomic E-state index is 0.174. The van der Waals surface area contributed by atoms with Gasteiger partial charge in [-0.2, -0.15) is 0 Å². The molecule has 0 atom stereocenters. The molecule has 4 rings (SSSR count). The highest BCUT2D eigenvalue weighted by Crippen LogP contribution is 2.24. The molecule has 0 saturated heterocycles. The van der Waals surface area contributed by atoms with Crippen LogP contribution in [0.25, 0.3) is 11.1 Å². The minimum Gasteiger partial charge on any atom is -0.457 e. The van der Waals surface area contributed by atoms with Gasteiger partial charge in [0.15, 0.2) is 0 Å². The molecule has 0 aromatic heterocycles. The summed E-state index contributed by atoms with van der Waals surface area (Å²) >= 11 is 0. The van der Waals surface area contributed by atoms with E-state index in [0.29, 0.717) is 22.7 Å². The van der Waals surface area contributed by atoms with Crippen LogP contribution in [-0.2, 0) is 0 Å². The molecule has 3 N–H and O–H groups in total. The van der Waals surface area contributed by atoms with Gasteiger partial charge in [0.25, 0.3) is 5.91 Å². The molecule has 0 bridgehead atoms. The van der Waals surface area contributed by atoms with Crippen molar-refractivity contribution in [3.63, 3.8) is 0 Å². The summed E-state index contributed by atoms with van der Waals surface area (Å²) < 4.78 is 5.77. The van der Waals surface area contributed by atoms with Gasteiger partial charge in [0.1, 0.15) is 11.5 Å². The van der Waals surface area contributed by atoms with Gasteiger partial charge in [0.05, 0.1) is 0 Å². The summed E-state index contributed by atoms with van der Waals surface area (Å²) in [6.45, 7) is 0. The standard InChI is InChI=1S/C25H20N2O2/c26-21-9-5-7-19(17-21)18-6-4-8-20(16-18)25(28)27-22-12-14-24(15-13-22)29-23-10-2-1-3-11-23/h1-17H,26H2,(H,27,28). The van der Waals surface area contributed by atoms with Gasteiger partial charge in [0, 0.05) is 16.9 Å². The molecule has 4 heteroatoms. The van der Waals surface area contributed by atoms with E-state index in [1.165, 1.54) is 0 Å². The topological polar surface area (TPSA) is 64.4 Å². The molecular formula is C25H20N2O2. The third kappa shape index (κ3) is 4.62.